The van der Waals surface area contributed by atoms with E-state index in [1.54, 1.807) is 7.11 Å². The number of methoxy groups -OCH3 is 1. The Hall–Kier alpha value is -2.70. The van der Waals surface area contributed by atoms with E-state index in [0.29, 0.717) is 6.42 Å². The Morgan fingerprint density at radius 2 is 1.84 bits per heavy atom. The molecule has 7 heteroatoms. The number of benzene rings is 2. The first-order chi connectivity index (χ1) is 11.9. The number of ether oxygens (including phenoxy) is 2. The molecule has 2 aromatic rings. The first-order valence-corrected chi connectivity index (χ1v) is 7.66. The number of nitrogens with one attached hydrogen (secondary N) is 1. The van der Waals surface area contributed by atoms with Gasteiger partial charge >= 0.3 is 6.36 Å². The van der Waals surface area contributed by atoms with Crippen LogP contribution < -0.4 is 14.8 Å². The number of hydrogen-bond donors (Lipinski definition) is 1. The summed E-state index contributed by atoms with van der Waals surface area (Å²) in [6.07, 6.45) is -4.06. The lowest BCUT2D eigenvalue weighted by molar-refractivity contribution is -0.274. The van der Waals surface area contributed by atoms with Gasteiger partial charge in [0, 0.05) is 17.7 Å². The van der Waals surface area contributed by atoms with Crippen molar-refractivity contribution in [2.24, 2.45) is 5.92 Å². The van der Waals surface area contributed by atoms with Crippen molar-refractivity contribution in [1.82, 2.24) is 0 Å². The Bertz CT molecular complexity index is 759. The summed E-state index contributed by atoms with van der Waals surface area (Å²) in [5, 5.41) is 2.64. The zero-order chi connectivity index (χ0) is 18.0. The van der Waals surface area contributed by atoms with Gasteiger partial charge in [-0.15, -0.1) is 13.2 Å². The molecule has 1 amide bonds. The van der Waals surface area contributed by atoms with Crippen molar-refractivity contribution in [1.29, 1.82) is 0 Å². The second-order valence-corrected chi connectivity index (χ2v) is 5.79. The minimum atomic E-state index is -4.77. The van der Waals surface area contributed by atoms with Crippen LogP contribution in [-0.4, -0.2) is 19.4 Å². The van der Waals surface area contributed by atoms with Gasteiger partial charge in [-0.1, -0.05) is 18.2 Å². The summed E-state index contributed by atoms with van der Waals surface area (Å²) in [5.74, 6) is 0.0748. The molecule has 25 heavy (non-hydrogen) atoms. The molecule has 2 unspecified atom stereocenters. The number of anilines is 1. The summed E-state index contributed by atoms with van der Waals surface area (Å²) in [6, 6.07) is 12.7. The fraction of sp³-hybridized carbons (Fsp3) is 0.278. The molecule has 0 heterocycles. The van der Waals surface area contributed by atoms with Crippen molar-refractivity contribution in [3.8, 4) is 11.5 Å². The minimum absolute atomic E-state index is 0.112. The second-order valence-electron chi connectivity index (χ2n) is 5.79. The number of carbonyl (C=O) groups is 1. The maximum absolute atomic E-state index is 12.3. The molecular formula is C18H16F3NO3. The molecule has 1 fully saturated rings. The Morgan fingerprint density at radius 1 is 1.12 bits per heavy atom. The van der Waals surface area contributed by atoms with E-state index in [-0.39, 0.29) is 29.2 Å². The van der Waals surface area contributed by atoms with Crippen LogP contribution in [0.2, 0.25) is 0 Å². The summed E-state index contributed by atoms with van der Waals surface area (Å²) in [7, 11) is 1.58. The van der Waals surface area contributed by atoms with Gasteiger partial charge < -0.3 is 14.8 Å². The van der Waals surface area contributed by atoms with Gasteiger partial charge in [-0.3, -0.25) is 4.79 Å². The highest BCUT2D eigenvalue weighted by molar-refractivity contribution is 5.95. The molecule has 1 aliphatic carbocycles. The van der Waals surface area contributed by atoms with Crippen molar-refractivity contribution < 1.29 is 27.4 Å². The maximum atomic E-state index is 12.3. The fourth-order valence-corrected chi connectivity index (χ4v) is 2.71. The van der Waals surface area contributed by atoms with Gasteiger partial charge in [0.05, 0.1) is 7.11 Å². The number of carbonyl (C=O) groups excluding carboxylic acids is 1. The van der Waals surface area contributed by atoms with E-state index in [0.717, 1.165) is 17.4 Å². The SMILES string of the molecule is COc1ccc(C2CC2C(=O)Nc2cccc(OC(F)(F)F)c2)cc1. The average molecular weight is 351 g/mol. The fourth-order valence-electron chi connectivity index (χ4n) is 2.71. The normalized spacial score (nSPS) is 19.2. The van der Waals surface area contributed by atoms with Gasteiger partial charge in [0.15, 0.2) is 0 Å². The van der Waals surface area contributed by atoms with Crippen LogP contribution in [0, 0.1) is 5.92 Å². The third-order valence-electron chi connectivity index (χ3n) is 4.01. The zero-order valence-corrected chi connectivity index (χ0v) is 13.3. The number of amides is 1. The van der Waals surface area contributed by atoms with Crippen LogP contribution in [-0.2, 0) is 4.79 Å². The molecular weight excluding hydrogens is 335 g/mol. The number of hydrogen-bond acceptors (Lipinski definition) is 3. The van der Waals surface area contributed by atoms with Crippen LogP contribution in [0.3, 0.4) is 0 Å². The standard InChI is InChI=1S/C18H16F3NO3/c1-24-13-7-5-11(6-8-13)15-10-16(15)17(23)22-12-3-2-4-14(9-12)25-18(19,20)21/h2-9,15-16H,10H2,1H3,(H,22,23). The summed E-state index contributed by atoms with van der Waals surface area (Å²) in [5.41, 5.74) is 1.31. The van der Waals surface area contributed by atoms with E-state index in [9.17, 15) is 18.0 Å². The summed E-state index contributed by atoms with van der Waals surface area (Å²) in [6.45, 7) is 0. The molecule has 0 aliphatic heterocycles. The number of halogens is 3. The Morgan fingerprint density at radius 3 is 2.48 bits per heavy atom. The summed E-state index contributed by atoms with van der Waals surface area (Å²) in [4.78, 5) is 12.3. The third kappa shape index (κ3) is 4.43. The smallest absolute Gasteiger partial charge is 0.497 e. The predicted molar refractivity (Wildman–Crippen MR) is 85.6 cm³/mol. The first kappa shape index (κ1) is 17.1. The summed E-state index contributed by atoms with van der Waals surface area (Å²) < 4.78 is 45.7. The molecule has 3 rings (SSSR count). The van der Waals surface area contributed by atoms with Crippen LogP contribution in [0.4, 0.5) is 18.9 Å². The van der Waals surface area contributed by atoms with Crippen molar-refractivity contribution in [2.45, 2.75) is 18.7 Å². The highest BCUT2D eigenvalue weighted by Gasteiger charge is 2.44. The van der Waals surface area contributed by atoms with Crippen molar-refractivity contribution in [3.63, 3.8) is 0 Å². The zero-order valence-electron chi connectivity index (χ0n) is 13.3. The van der Waals surface area contributed by atoms with Gasteiger partial charge in [-0.2, -0.15) is 0 Å². The van der Waals surface area contributed by atoms with E-state index in [1.165, 1.54) is 18.2 Å². The molecule has 2 atom stereocenters. The maximum Gasteiger partial charge on any atom is 0.573 e. The van der Waals surface area contributed by atoms with E-state index >= 15 is 0 Å². The molecule has 0 radical (unpaired) electrons. The van der Waals surface area contributed by atoms with Crippen LogP contribution in [0.15, 0.2) is 48.5 Å². The van der Waals surface area contributed by atoms with Crippen LogP contribution in [0.25, 0.3) is 0 Å². The van der Waals surface area contributed by atoms with E-state index in [4.69, 9.17) is 4.74 Å². The van der Waals surface area contributed by atoms with E-state index in [1.807, 2.05) is 24.3 Å². The van der Waals surface area contributed by atoms with Crippen LogP contribution in [0.5, 0.6) is 11.5 Å². The lowest BCUT2D eigenvalue weighted by atomic mass is 10.1. The number of rotatable bonds is 5. The average Bonchev–Trinajstić information content (AvgIpc) is 3.34. The van der Waals surface area contributed by atoms with Crippen LogP contribution in [0.1, 0.15) is 17.9 Å². The molecule has 0 saturated heterocycles. The molecule has 4 nitrogen and oxygen atoms in total. The predicted octanol–water partition coefficient (Wildman–Crippen LogP) is 4.34. The minimum Gasteiger partial charge on any atom is -0.497 e. The third-order valence-corrected chi connectivity index (χ3v) is 4.01. The molecule has 1 saturated carbocycles. The monoisotopic (exact) mass is 351 g/mol. The molecule has 2 aromatic carbocycles. The topological polar surface area (TPSA) is 47.6 Å². The van der Waals surface area contributed by atoms with Gasteiger partial charge in [0.1, 0.15) is 11.5 Å². The van der Waals surface area contributed by atoms with Crippen molar-refractivity contribution >= 4 is 11.6 Å². The molecule has 0 aromatic heterocycles. The van der Waals surface area contributed by atoms with Crippen molar-refractivity contribution in [2.75, 3.05) is 12.4 Å². The molecule has 1 aliphatic rings. The molecule has 0 spiro atoms. The highest BCUT2D eigenvalue weighted by Crippen LogP contribution is 2.48. The van der Waals surface area contributed by atoms with Gasteiger partial charge in [0.25, 0.3) is 0 Å². The first-order valence-electron chi connectivity index (χ1n) is 7.66. The Labute approximate surface area is 142 Å². The van der Waals surface area contributed by atoms with E-state index < -0.39 is 6.36 Å². The van der Waals surface area contributed by atoms with Gasteiger partial charge in [0.2, 0.25) is 5.91 Å². The quantitative estimate of drug-likeness (QED) is 0.872. The Kier molecular flexibility index (Phi) is 4.57. The largest absolute Gasteiger partial charge is 0.573 e. The highest BCUT2D eigenvalue weighted by atomic mass is 19.4. The lowest BCUT2D eigenvalue weighted by Crippen LogP contribution is -2.18. The summed E-state index contributed by atoms with van der Waals surface area (Å²) >= 11 is 0. The molecule has 0 bridgehead atoms. The number of alkyl halides is 3. The second kappa shape index (κ2) is 6.66. The van der Waals surface area contributed by atoms with Crippen molar-refractivity contribution in [3.05, 3.63) is 54.1 Å². The van der Waals surface area contributed by atoms with E-state index in [2.05, 4.69) is 10.1 Å². The van der Waals surface area contributed by atoms with Gasteiger partial charge in [-0.25, -0.2) is 0 Å². The Balaban J connectivity index is 1.61. The van der Waals surface area contributed by atoms with Gasteiger partial charge in [-0.05, 0) is 42.2 Å². The lowest BCUT2D eigenvalue weighted by Gasteiger charge is -2.10. The molecule has 132 valence electrons. The molecule has 1 N–H and O–H groups in total. The van der Waals surface area contributed by atoms with Crippen LogP contribution >= 0.6 is 0 Å².